The normalized spacial score (nSPS) is 22.5. The lowest BCUT2D eigenvalue weighted by molar-refractivity contribution is -0.120. The highest BCUT2D eigenvalue weighted by atomic mass is 32.2. The molecule has 2 aliphatic rings. The molecule has 1 aromatic carbocycles. The Morgan fingerprint density at radius 2 is 2.00 bits per heavy atom. The van der Waals surface area contributed by atoms with Crippen LogP contribution in [0.1, 0.15) is 32.2 Å². The quantitative estimate of drug-likeness (QED) is 0.748. The third kappa shape index (κ3) is 4.21. The van der Waals surface area contributed by atoms with E-state index in [0.29, 0.717) is 12.5 Å². The van der Waals surface area contributed by atoms with Gasteiger partial charge in [0.1, 0.15) is 0 Å². The maximum atomic E-state index is 12.5. The number of hydrogen-bond donors (Lipinski definition) is 1. The molecule has 0 radical (unpaired) electrons. The van der Waals surface area contributed by atoms with Gasteiger partial charge < -0.3 is 9.88 Å². The van der Waals surface area contributed by atoms with Crippen LogP contribution in [0.4, 0.5) is 0 Å². The van der Waals surface area contributed by atoms with Crippen molar-refractivity contribution < 1.29 is 13.2 Å². The first kappa shape index (κ1) is 18.6. The smallest absolute Gasteiger partial charge is 0.233 e. The first-order valence-corrected chi connectivity index (χ1v) is 11.9. The molecule has 2 atom stereocenters. The van der Waals surface area contributed by atoms with E-state index < -0.39 is 9.84 Å². The molecule has 1 aliphatic carbocycles. The number of amides is 1. The number of nitrogens with one attached hydrogen (secondary N) is 1. The molecule has 144 valence electrons. The van der Waals surface area contributed by atoms with Crippen LogP contribution in [0.3, 0.4) is 0 Å². The van der Waals surface area contributed by atoms with E-state index in [4.69, 9.17) is 0 Å². The summed E-state index contributed by atoms with van der Waals surface area (Å²) in [6.45, 7) is 1.84. The largest absolute Gasteiger partial charge is 0.351 e. The van der Waals surface area contributed by atoms with Crippen molar-refractivity contribution in [1.29, 1.82) is 0 Å². The molecule has 1 aliphatic heterocycles. The second kappa shape index (κ2) is 7.31. The molecule has 0 bridgehead atoms. The Labute approximate surface area is 163 Å². The fraction of sp³-hybridized carbons (Fsp3) is 0.474. The summed E-state index contributed by atoms with van der Waals surface area (Å²) in [7, 11) is -3.00. The number of hydrogen-bond acceptors (Lipinski definition) is 5. The fourth-order valence-corrected chi connectivity index (χ4v) is 6.02. The summed E-state index contributed by atoms with van der Waals surface area (Å²) in [6.07, 6.45) is 4.64. The molecule has 1 N–H and O–H groups in total. The third-order valence-corrected chi connectivity index (χ3v) is 7.82. The minimum absolute atomic E-state index is 0.0466. The molecule has 4 rings (SSSR count). The molecule has 1 saturated carbocycles. The molecule has 2 fully saturated rings. The lowest BCUT2D eigenvalue weighted by Gasteiger charge is -2.16. The first-order valence-electron chi connectivity index (χ1n) is 9.23. The van der Waals surface area contributed by atoms with E-state index in [9.17, 15) is 13.2 Å². The third-order valence-electron chi connectivity index (χ3n) is 4.97. The fourth-order valence-electron chi connectivity index (χ4n) is 3.38. The summed E-state index contributed by atoms with van der Waals surface area (Å²) in [6, 6.07) is 10.3. The number of rotatable bonds is 6. The summed E-state index contributed by atoms with van der Waals surface area (Å²) in [5, 5.41) is 3.39. The molecule has 1 amide bonds. The predicted octanol–water partition coefficient (Wildman–Crippen LogP) is 2.67. The van der Waals surface area contributed by atoms with Crippen LogP contribution in [0.2, 0.25) is 0 Å². The average Bonchev–Trinajstić information content (AvgIpc) is 3.31. The Hall–Kier alpha value is -1.80. The van der Waals surface area contributed by atoms with Crippen molar-refractivity contribution >= 4 is 27.5 Å². The van der Waals surface area contributed by atoms with Gasteiger partial charge in [0.05, 0.1) is 28.6 Å². The van der Waals surface area contributed by atoms with Crippen molar-refractivity contribution in [2.75, 3.05) is 11.5 Å². The number of carbonyl (C=O) groups excluding carboxylic acids is 1. The average molecular weight is 406 g/mol. The monoisotopic (exact) mass is 405 g/mol. The zero-order chi connectivity index (χ0) is 19.0. The van der Waals surface area contributed by atoms with Gasteiger partial charge in [0.25, 0.3) is 0 Å². The van der Waals surface area contributed by atoms with E-state index in [2.05, 4.69) is 27.0 Å². The van der Waals surface area contributed by atoms with E-state index in [1.165, 1.54) is 11.8 Å². The molecular weight excluding hydrogens is 382 g/mol. The highest BCUT2D eigenvalue weighted by Crippen LogP contribution is 2.42. The van der Waals surface area contributed by atoms with Crippen molar-refractivity contribution in [2.45, 2.75) is 48.7 Å². The zero-order valence-electron chi connectivity index (χ0n) is 15.2. The number of thioether (sulfide) groups is 1. The van der Waals surface area contributed by atoms with Crippen molar-refractivity contribution in [3.8, 4) is 11.3 Å². The Morgan fingerprint density at radius 1 is 1.26 bits per heavy atom. The van der Waals surface area contributed by atoms with Crippen LogP contribution in [0, 0.1) is 0 Å². The first-order chi connectivity index (χ1) is 12.9. The summed E-state index contributed by atoms with van der Waals surface area (Å²) < 4.78 is 25.4. The summed E-state index contributed by atoms with van der Waals surface area (Å²) >= 11 is 1.44. The maximum absolute atomic E-state index is 12.5. The second-order valence-electron chi connectivity index (χ2n) is 7.26. The zero-order valence-corrected chi connectivity index (χ0v) is 16.8. The van der Waals surface area contributed by atoms with Gasteiger partial charge in [0.15, 0.2) is 15.0 Å². The Bertz CT molecular complexity index is 936. The van der Waals surface area contributed by atoms with Gasteiger partial charge in [-0.05, 0) is 31.7 Å². The van der Waals surface area contributed by atoms with Crippen molar-refractivity contribution in [1.82, 2.24) is 14.9 Å². The summed E-state index contributed by atoms with van der Waals surface area (Å²) in [4.78, 5) is 17.1. The van der Waals surface area contributed by atoms with Gasteiger partial charge in [0, 0.05) is 12.1 Å². The van der Waals surface area contributed by atoms with Crippen molar-refractivity contribution in [2.24, 2.45) is 0 Å². The SMILES string of the molecule is CC(Sc1ncc(-c2ccccc2)n1C1CC1)C(=O)NC1CCS(=O)(=O)C1. The molecule has 1 aromatic heterocycles. The topological polar surface area (TPSA) is 81.1 Å². The Kier molecular flexibility index (Phi) is 5.03. The number of sulfone groups is 1. The van der Waals surface area contributed by atoms with E-state index in [0.717, 1.165) is 29.3 Å². The Morgan fingerprint density at radius 3 is 2.63 bits per heavy atom. The van der Waals surface area contributed by atoms with Crippen LogP contribution in [0.25, 0.3) is 11.3 Å². The van der Waals surface area contributed by atoms with Crippen LogP contribution in [-0.2, 0) is 14.6 Å². The molecular formula is C19H23N3O3S2. The minimum atomic E-state index is -3.00. The van der Waals surface area contributed by atoms with Gasteiger partial charge in [-0.3, -0.25) is 4.79 Å². The van der Waals surface area contributed by atoms with Gasteiger partial charge >= 0.3 is 0 Å². The number of aromatic nitrogens is 2. The van der Waals surface area contributed by atoms with E-state index in [1.807, 2.05) is 31.3 Å². The molecule has 8 heteroatoms. The van der Waals surface area contributed by atoms with E-state index >= 15 is 0 Å². The molecule has 2 unspecified atom stereocenters. The van der Waals surface area contributed by atoms with Crippen LogP contribution in [0.15, 0.2) is 41.7 Å². The molecule has 0 spiro atoms. The van der Waals surface area contributed by atoms with Gasteiger partial charge in [-0.2, -0.15) is 0 Å². The van der Waals surface area contributed by atoms with Crippen molar-refractivity contribution in [3.05, 3.63) is 36.5 Å². The van der Waals surface area contributed by atoms with Crippen LogP contribution < -0.4 is 5.32 Å². The molecule has 2 aromatic rings. The lowest BCUT2D eigenvalue weighted by atomic mass is 10.2. The molecule has 1 saturated heterocycles. The standard InChI is InChI=1S/C19H23N3O3S2/c1-13(18(23)21-15-9-10-27(24,25)12-15)26-19-20-11-17(22(19)16-7-8-16)14-5-3-2-4-6-14/h2-6,11,13,15-16H,7-10,12H2,1H3,(H,21,23). The van der Waals surface area contributed by atoms with Crippen LogP contribution >= 0.6 is 11.8 Å². The lowest BCUT2D eigenvalue weighted by Crippen LogP contribution is -2.40. The van der Waals surface area contributed by atoms with Crippen LogP contribution in [-0.4, -0.2) is 46.7 Å². The number of carbonyl (C=O) groups is 1. The van der Waals surface area contributed by atoms with E-state index in [-0.39, 0.29) is 28.7 Å². The molecule has 2 heterocycles. The summed E-state index contributed by atoms with van der Waals surface area (Å²) in [5.74, 6) is 0.0745. The highest BCUT2D eigenvalue weighted by Gasteiger charge is 2.32. The number of nitrogens with zero attached hydrogens (tertiary/aromatic N) is 2. The Balaban J connectivity index is 1.48. The molecule has 6 nitrogen and oxygen atoms in total. The highest BCUT2D eigenvalue weighted by molar-refractivity contribution is 8.00. The van der Waals surface area contributed by atoms with Crippen molar-refractivity contribution in [3.63, 3.8) is 0 Å². The van der Waals surface area contributed by atoms with Gasteiger partial charge in [0.2, 0.25) is 5.91 Å². The maximum Gasteiger partial charge on any atom is 0.233 e. The number of benzene rings is 1. The van der Waals surface area contributed by atoms with E-state index in [1.54, 1.807) is 0 Å². The molecule has 27 heavy (non-hydrogen) atoms. The predicted molar refractivity (Wildman–Crippen MR) is 106 cm³/mol. The minimum Gasteiger partial charge on any atom is -0.351 e. The second-order valence-corrected chi connectivity index (χ2v) is 10.8. The van der Waals surface area contributed by atoms with Gasteiger partial charge in [-0.1, -0.05) is 42.1 Å². The van der Waals surface area contributed by atoms with Gasteiger partial charge in [-0.25, -0.2) is 13.4 Å². The number of imidazole rings is 1. The van der Waals surface area contributed by atoms with Gasteiger partial charge in [-0.15, -0.1) is 0 Å². The van der Waals surface area contributed by atoms with Crippen LogP contribution in [0.5, 0.6) is 0 Å². The summed E-state index contributed by atoms with van der Waals surface area (Å²) in [5.41, 5.74) is 2.20.